The van der Waals surface area contributed by atoms with Gasteiger partial charge in [-0.05, 0) is 36.8 Å². The van der Waals surface area contributed by atoms with Crippen LogP contribution in [0.2, 0.25) is 0 Å². The Labute approximate surface area is 185 Å². The van der Waals surface area contributed by atoms with Crippen LogP contribution in [0.25, 0.3) is 0 Å². The van der Waals surface area contributed by atoms with Gasteiger partial charge in [0, 0.05) is 43.1 Å². The van der Waals surface area contributed by atoms with E-state index in [4.69, 9.17) is 0 Å². The summed E-state index contributed by atoms with van der Waals surface area (Å²) in [5.74, 6) is -0.212. The first-order valence-electron chi connectivity index (χ1n) is 10.00. The van der Waals surface area contributed by atoms with Crippen molar-refractivity contribution in [2.24, 2.45) is 0 Å². The standard InChI is InChI=1S/C23H26BrN3O3/c1-16-3-5-19(6-4-16)23(30)27-13-11-26(12-14-27)22(29)15-21(25-17(2)28)18-7-9-20(24)10-8-18/h3-10,21H,11-15H2,1-2H3,(H,25,28). The van der Waals surface area contributed by atoms with Crippen LogP contribution in [0.1, 0.15) is 40.9 Å². The normalized spacial score (nSPS) is 14.9. The van der Waals surface area contributed by atoms with Crippen LogP contribution in [0.3, 0.4) is 0 Å². The summed E-state index contributed by atoms with van der Waals surface area (Å²) in [5, 5.41) is 2.87. The van der Waals surface area contributed by atoms with Crippen molar-refractivity contribution >= 4 is 33.7 Å². The second-order valence-corrected chi connectivity index (χ2v) is 8.46. The number of halogens is 1. The van der Waals surface area contributed by atoms with Crippen LogP contribution in [-0.2, 0) is 9.59 Å². The maximum absolute atomic E-state index is 12.9. The molecule has 0 aromatic heterocycles. The van der Waals surface area contributed by atoms with Gasteiger partial charge in [-0.15, -0.1) is 0 Å². The van der Waals surface area contributed by atoms with Gasteiger partial charge >= 0.3 is 0 Å². The van der Waals surface area contributed by atoms with E-state index in [9.17, 15) is 14.4 Å². The average Bonchev–Trinajstić information content (AvgIpc) is 2.73. The van der Waals surface area contributed by atoms with E-state index in [1.54, 1.807) is 9.80 Å². The number of carbonyl (C=O) groups is 3. The molecule has 3 amide bonds. The van der Waals surface area contributed by atoms with Gasteiger partial charge in [0.15, 0.2) is 0 Å². The van der Waals surface area contributed by atoms with E-state index in [2.05, 4.69) is 21.2 Å². The summed E-state index contributed by atoms with van der Waals surface area (Å²) in [6.07, 6.45) is 0.188. The lowest BCUT2D eigenvalue weighted by atomic mass is 10.0. The summed E-state index contributed by atoms with van der Waals surface area (Å²) in [4.78, 5) is 40.7. The summed E-state index contributed by atoms with van der Waals surface area (Å²) < 4.78 is 0.938. The zero-order valence-electron chi connectivity index (χ0n) is 17.2. The van der Waals surface area contributed by atoms with Gasteiger partial charge in [0.2, 0.25) is 11.8 Å². The third kappa shape index (κ3) is 5.69. The number of rotatable bonds is 5. The molecule has 6 nitrogen and oxygen atoms in total. The summed E-state index contributed by atoms with van der Waals surface area (Å²) in [7, 11) is 0. The molecule has 0 spiro atoms. The van der Waals surface area contributed by atoms with Gasteiger partial charge in [0.25, 0.3) is 5.91 Å². The van der Waals surface area contributed by atoms with E-state index in [1.165, 1.54) is 6.92 Å². The van der Waals surface area contributed by atoms with Crippen LogP contribution in [0.15, 0.2) is 53.0 Å². The van der Waals surface area contributed by atoms with E-state index in [1.807, 2.05) is 55.5 Å². The first-order chi connectivity index (χ1) is 14.3. The van der Waals surface area contributed by atoms with Crippen molar-refractivity contribution < 1.29 is 14.4 Å². The second kappa shape index (κ2) is 9.89. The maximum atomic E-state index is 12.9. The molecule has 1 atom stereocenters. The van der Waals surface area contributed by atoms with E-state index in [-0.39, 0.29) is 30.2 Å². The van der Waals surface area contributed by atoms with Crippen molar-refractivity contribution in [3.8, 4) is 0 Å². The highest BCUT2D eigenvalue weighted by Gasteiger charge is 2.27. The van der Waals surface area contributed by atoms with Crippen molar-refractivity contribution in [1.29, 1.82) is 0 Å². The summed E-state index contributed by atoms with van der Waals surface area (Å²) >= 11 is 3.40. The van der Waals surface area contributed by atoms with Crippen molar-refractivity contribution in [3.63, 3.8) is 0 Å². The zero-order chi connectivity index (χ0) is 21.7. The Morgan fingerprint density at radius 3 is 2.07 bits per heavy atom. The van der Waals surface area contributed by atoms with E-state index < -0.39 is 0 Å². The number of amides is 3. The minimum Gasteiger partial charge on any atom is -0.349 e. The van der Waals surface area contributed by atoms with Crippen molar-refractivity contribution in [2.75, 3.05) is 26.2 Å². The average molecular weight is 472 g/mol. The molecule has 7 heteroatoms. The number of aryl methyl sites for hydroxylation is 1. The van der Waals surface area contributed by atoms with Crippen LogP contribution >= 0.6 is 15.9 Å². The quantitative estimate of drug-likeness (QED) is 0.726. The molecule has 1 aliphatic rings. The number of piperazine rings is 1. The number of benzene rings is 2. The zero-order valence-corrected chi connectivity index (χ0v) is 18.8. The van der Waals surface area contributed by atoms with Gasteiger partial charge in [-0.2, -0.15) is 0 Å². The number of nitrogens with one attached hydrogen (secondary N) is 1. The van der Waals surface area contributed by atoms with Gasteiger partial charge in [-0.1, -0.05) is 45.8 Å². The Balaban J connectivity index is 1.59. The lowest BCUT2D eigenvalue weighted by molar-refractivity contribution is -0.133. The van der Waals surface area contributed by atoms with E-state index >= 15 is 0 Å². The SMILES string of the molecule is CC(=O)NC(CC(=O)N1CCN(C(=O)c2ccc(C)cc2)CC1)c1ccc(Br)cc1. The fraction of sp³-hybridized carbons (Fsp3) is 0.348. The third-order valence-corrected chi connectivity index (χ3v) is 5.78. The Morgan fingerprint density at radius 2 is 1.50 bits per heavy atom. The van der Waals surface area contributed by atoms with Gasteiger partial charge < -0.3 is 15.1 Å². The summed E-state index contributed by atoms with van der Waals surface area (Å²) in [6.45, 7) is 5.42. The Hall–Kier alpha value is -2.67. The first kappa shape index (κ1) is 22.0. The van der Waals surface area contributed by atoms with Crippen molar-refractivity contribution in [3.05, 3.63) is 69.7 Å². The van der Waals surface area contributed by atoms with Gasteiger partial charge in [0.05, 0.1) is 12.5 Å². The first-order valence-corrected chi connectivity index (χ1v) is 10.8. The molecule has 0 bridgehead atoms. The highest BCUT2D eigenvalue weighted by Crippen LogP contribution is 2.21. The molecule has 1 N–H and O–H groups in total. The van der Waals surface area contributed by atoms with Crippen LogP contribution in [0.5, 0.6) is 0 Å². The largest absolute Gasteiger partial charge is 0.349 e. The monoisotopic (exact) mass is 471 g/mol. The Kier molecular flexibility index (Phi) is 7.26. The smallest absolute Gasteiger partial charge is 0.253 e. The molecule has 1 fully saturated rings. The van der Waals surface area contributed by atoms with Crippen LogP contribution in [0, 0.1) is 6.92 Å². The van der Waals surface area contributed by atoms with E-state index in [0.717, 1.165) is 15.6 Å². The number of nitrogens with zero attached hydrogens (tertiary/aromatic N) is 2. The molecule has 0 saturated carbocycles. The summed E-state index contributed by atoms with van der Waals surface area (Å²) in [6, 6.07) is 14.7. The van der Waals surface area contributed by atoms with Crippen LogP contribution in [0.4, 0.5) is 0 Å². The molecule has 1 unspecified atom stereocenters. The minimum atomic E-state index is -0.379. The molecule has 2 aromatic carbocycles. The highest BCUT2D eigenvalue weighted by molar-refractivity contribution is 9.10. The molecule has 0 radical (unpaired) electrons. The molecule has 1 heterocycles. The maximum Gasteiger partial charge on any atom is 0.253 e. The molecule has 2 aromatic rings. The number of hydrogen-bond acceptors (Lipinski definition) is 3. The predicted molar refractivity (Wildman–Crippen MR) is 119 cm³/mol. The molecule has 1 saturated heterocycles. The molecular weight excluding hydrogens is 446 g/mol. The molecule has 3 rings (SSSR count). The molecule has 158 valence electrons. The Bertz CT molecular complexity index is 904. The molecular formula is C23H26BrN3O3. The van der Waals surface area contributed by atoms with E-state index in [0.29, 0.717) is 31.7 Å². The van der Waals surface area contributed by atoms with Gasteiger partial charge in [-0.25, -0.2) is 0 Å². The fourth-order valence-corrected chi connectivity index (χ4v) is 3.80. The van der Waals surface area contributed by atoms with Gasteiger partial charge in [0.1, 0.15) is 0 Å². The predicted octanol–water partition coefficient (Wildman–Crippen LogP) is 3.31. The van der Waals surface area contributed by atoms with Crippen molar-refractivity contribution in [1.82, 2.24) is 15.1 Å². The fourth-order valence-electron chi connectivity index (χ4n) is 3.53. The van der Waals surface area contributed by atoms with Crippen LogP contribution < -0.4 is 5.32 Å². The van der Waals surface area contributed by atoms with Crippen LogP contribution in [-0.4, -0.2) is 53.7 Å². The lowest BCUT2D eigenvalue weighted by Crippen LogP contribution is -2.51. The summed E-state index contributed by atoms with van der Waals surface area (Å²) in [5.41, 5.74) is 2.66. The second-order valence-electron chi connectivity index (χ2n) is 7.55. The number of carbonyl (C=O) groups excluding carboxylic acids is 3. The molecule has 30 heavy (non-hydrogen) atoms. The van der Waals surface area contributed by atoms with Crippen molar-refractivity contribution in [2.45, 2.75) is 26.3 Å². The Morgan fingerprint density at radius 1 is 0.933 bits per heavy atom. The van der Waals surface area contributed by atoms with Gasteiger partial charge in [-0.3, -0.25) is 14.4 Å². The minimum absolute atomic E-state index is 0.00640. The topological polar surface area (TPSA) is 69.7 Å². The third-order valence-electron chi connectivity index (χ3n) is 5.25. The molecule has 1 aliphatic heterocycles. The molecule has 0 aliphatic carbocycles. The number of hydrogen-bond donors (Lipinski definition) is 1. The highest BCUT2D eigenvalue weighted by atomic mass is 79.9. The lowest BCUT2D eigenvalue weighted by Gasteiger charge is -2.35.